The minimum atomic E-state index is -0.645. The van der Waals surface area contributed by atoms with Crippen molar-refractivity contribution in [2.24, 2.45) is 0 Å². The second kappa shape index (κ2) is 2.48. The fourth-order valence-corrected chi connectivity index (χ4v) is 12.9. The molecule has 1 saturated heterocycles. The lowest BCUT2D eigenvalue weighted by molar-refractivity contribution is 1.10. The van der Waals surface area contributed by atoms with Gasteiger partial charge in [-0.1, -0.05) is 50.4 Å². The molecule has 0 saturated carbocycles. The van der Waals surface area contributed by atoms with Crippen molar-refractivity contribution >= 4 is 16.1 Å². The Hall–Kier alpha value is 0.434. The van der Waals surface area contributed by atoms with Gasteiger partial charge in [0.05, 0.1) is 0 Å². The third-order valence-corrected chi connectivity index (χ3v) is 10.4. The lowest BCUT2D eigenvalue weighted by atomic mass is 10.9. The van der Waals surface area contributed by atoms with E-state index in [1.807, 2.05) is 0 Å². The zero-order valence-corrected chi connectivity index (χ0v) is 9.83. The van der Waals surface area contributed by atoms with E-state index in [4.69, 9.17) is 0 Å². The van der Waals surface area contributed by atoms with Crippen LogP contribution >= 0.6 is 0 Å². The number of hydrogen-bond acceptors (Lipinski definition) is 0. The summed E-state index contributed by atoms with van der Waals surface area (Å²) in [5.74, 6) is 0. The smallest absolute Gasteiger partial charge is 0.0468 e. The van der Waals surface area contributed by atoms with Gasteiger partial charge >= 0.3 is 0 Å². The zero-order chi connectivity index (χ0) is 7.83. The summed E-state index contributed by atoms with van der Waals surface area (Å²) in [4.78, 5) is 0. The zero-order valence-electron chi connectivity index (χ0n) is 7.83. The third kappa shape index (κ3) is 2.24. The van der Waals surface area contributed by atoms with Crippen LogP contribution in [0.2, 0.25) is 50.4 Å². The maximum absolute atomic E-state index is 2.55. The van der Waals surface area contributed by atoms with Gasteiger partial charge in [-0.15, -0.1) is 0 Å². The predicted octanol–water partition coefficient (Wildman–Crippen LogP) is 3.42. The second-order valence-electron chi connectivity index (χ2n) is 5.33. The molecule has 0 aromatic carbocycles. The molecule has 0 N–H and O–H groups in total. The monoisotopic (exact) mass is 172 g/mol. The molecule has 0 spiro atoms. The van der Waals surface area contributed by atoms with Crippen molar-refractivity contribution in [2.75, 3.05) is 0 Å². The van der Waals surface area contributed by atoms with Gasteiger partial charge in [-0.25, -0.2) is 0 Å². The highest BCUT2D eigenvalue weighted by Crippen LogP contribution is 2.35. The summed E-state index contributed by atoms with van der Waals surface area (Å²) in [5.41, 5.74) is 0. The molecular weight excluding hydrogens is 152 g/mol. The van der Waals surface area contributed by atoms with Gasteiger partial charge in [-0.2, -0.15) is 0 Å². The van der Waals surface area contributed by atoms with Crippen LogP contribution in [0, 0.1) is 0 Å². The average Bonchev–Trinajstić information content (AvgIpc) is 1.79. The molecule has 1 fully saturated rings. The first-order chi connectivity index (χ1) is 4.41. The van der Waals surface area contributed by atoms with Crippen LogP contribution < -0.4 is 0 Å². The molecule has 1 aliphatic heterocycles. The fraction of sp³-hybridized carbons (Fsp3) is 1.00. The topological polar surface area (TPSA) is 0 Å². The second-order valence-corrected chi connectivity index (χ2v) is 16.0. The van der Waals surface area contributed by atoms with Crippen LogP contribution in [0.1, 0.15) is 0 Å². The van der Waals surface area contributed by atoms with E-state index in [1.54, 1.807) is 24.2 Å². The highest BCUT2D eigenvalue weighted by atomic mass is 28.3. The first-order valence-corrected chi connectivity index (χ1v) is 11.2. The third-order valence-electron chi connectivity index (χ3n) is 2.96. The molecular formula is C8H20Si2. The normalized spacial score (nSPS) is 30.0. The van der Waals surface area contributed by atoms with Crippen molar-refractivity contribution in [3.05, 3.63) is 0 Å². The van der Waals surface area contributed by atoms with Gasteiger partial charge in [-0.3, -0.25) is 0 Å². The molecule has 0 aromatic heterocycles. The fourth-order valence-electron chi connectivity index (χ4n) is 1.60. The molecule has 0 atom stereocenters. The van der Waals surface area contributed by atoms with Crippen LogP contribution in [-0.2, 0) is 0 Å². The van der Waals surface area contributed by atoms with Crippen molar-refractivity contribution in [1.82, 2.24) is 0 Å². The van der Waals surface area contributed by atoms with Crippen LogP contribution in [0.3, 0.4) is 0 Å². The van der Waals surface area contributed by atoms with Crippen molar-refractivity contribution in [1.29, 1.82) is 0 Å². The lowest BCUT2D eigenvalue weighted by Crippen LogP contribution is -2.39. The molecule has 0 bridgehead atoms. The molecule has 60 valence electrons. The Bertz CT molecular complexity index is 99.2. The summed E-state index contributed by atoms with van der Waals surface area (Å²) in [5, 5.41) is 0. The minimum absolute atomic E-state index is 0.645. The van der Waals surface area contributed by atoms with Gasteiger partial charge < -0.3 is 0 Å². The molecule has 10 heavy (non-hydrogen) atoms. The highest BCUT2D eigenvalue weighted by Gasteiger charge is 2.33. The van der Waals surface area contributed by atoms with Crippen LogP contribution in [0.4, 0.5) is 0 Å². The summed E-state index contributed by atoms with van der Waals surface area (Å²) in [7, 11) is -1.29. The molecule has 0 radical (unpaired) electrons. The van der Waals surface area contributed by atoms with Crippen LogP contribution in [0.25, 0.3) is 0 Å². The number of hydrogen-bond donors (Lipinski definition) is 0. The van der Waals surface area contributed by atoms with Gasteiger partial charge in [0.2, 0.25) is 0 Å². The van der Waals surface area contributed by atoms with E-state index in [0.717, 1.165) is 0 Å². The molecule has 0 aromatic rings. The maximum Gasteiger partial charge on any atom is 0.0468 e. The molecule has 0 nitrogen and oxygen atoms in total. The van der Waals surface area contributed by atoms with Crippen molar-refractivity contribution in [3.63, 3.8) is 0 Å². The molecule has 1 rings (SSSR count). The van der Waals surface area contributed by atoms with E-state index in [2.05, 4.69) is 26.2 Å². The molecule has 0 amide bonds. The van der Waals surface area contributed by atoms with Crippen molar-refractivity contribution in [3.8, 4) is 0 Å². The number of rotatable bonds is 0. The van der Waals surface area contributed by atoms with E-state index < -0.39 is 16.1 Å². The van der Waals surface area contributed by atoms with Crippen LogP contribution in [-0.4, -0.2) is 16.1 Å². The van der Waals surface area contributed by atoms with Crippen LogP contribution in [0.15, 0.2) is 0 Å². The van der Waals surface area contributed by atoms with E-state index in [9.17, 15) is 0 Å². The van der Waals surface area contributed by atoms with Crippen molar-refractivity contribution in [2.45, 2.75) is 50.4 Å². The van der Waals surface area contributed by atoms with Gasteiger partial charge in [0, 0.05) is 16.1 Å². The molecule has 0 aliphatic carbocycles. The SMILES string of the molecule is C[Si]1(C)CC[Si](C)(C)CC1. The van der Waals surface area contributed by atoms with E-state index in [0.29, 0.717) is 0 Å². The Morgan fingerprint density at radius 3 is 1.00 bits per heavy atom. The Morgan fingerprint density at radius 2 is 0.800 bits per heavy atom. The maximum atomic E-state index is 2.55. The van der Waals surface area contributed by atoms with Crippen LogP contribution in [0.5, 0.6) is 0 Å². The standard InChI is InChI=1S/C8H20Si2/c1-9(2)5-7-10(3,4)8-6-9/h5-8H2,1-4H3. The molecule has 1 aliphatic rings. The molecule has 1 heterocycles. The summed E-state index contributed by atoms with van der Waals surface area (Å²) < 4.78 is 0. The van der Waals surface area contributed by atoms with Crippen molar-refractivity contribution < 1.29 is 0 Å². The van der Waals surface area contributed by atoms with E-state index >= 15 is 0 Å². The van der Waals surface area contributed by atoms with Gasteiger partial charge in [0.15, 0.2) is 0 Å². The summed E-state index contributed by atoms with van der Waals surface area (Å²) in [6.07, 6.45) is 0. The Morgan fingerprint density at radius 1 is 0.600 bits per heavy atom. The predicted molar refractivity (Wildman–Crippen MR) is 54.2 cm³/mol. The summed E-state index contributed by atoms with van der Waals surface area (Å²) in [6, 6.07) is 6.47. The minimum Gasteiger partial charge on any atom is -0.0694 e. The largest absolute Gasteiger partial charge is 0.0694 e. The van der Waals surface area contributed by atoms with E-state index in [-0.39, 0.29) is 0 Å². The van der Waals surface area contributed by atoms with Gasteiger partial charge in [-0.05, 0) is 0 Å². The lowest BCUT2D eigenvalue weighted by Gasteiger charge is -2.36. The Labute approximate surface area is 67.0 Å². The highest BCUT2D eigenvalue weighted by molar-refractivity contribution is 6.87. The molecule has 0 unspecified atom stereocenters. The summed E-state index contributed by atoms with van der Waals surface area (Å²) >= 11 is 0. The first-order valence-electron chi connectivity index (χ1n) is 4.41. The molecule has 2 heteroatoms. The van der Waals surface area contributed by atoms with E-state index in [1.165, 1.54) is 0 Å². The quantitative estimate of drug-likeness (QED) is 0.491. The Balaban J connectivity index is 2.46. The Kier molecular flexibility index (Phi) is 2.12. The summed E-state index contributed by atoms with van der Waals surface area (Å²) in [6.45, 7) is 10.2. The van der Waals surface area contributed by atoms with Gasteiger partial charge in [0.25, 0.3) is 0 Å². The first kappa shape index (κ1) is 8.53. The van der Waals surface area contributed by atoms with Gasteiger partial charge in [0.1, 0.15) is 0 Å². The average molecular weight is 172 g/mol.